The number of benzene rings is 3. The highest BCUT2D eigenvalue weighted by atomic mass is 35.5. The summed E-state index contributed by atoms with van der Waals surface area (Å²) in [5.74, 6) is -1.79. The van der Waals surface area contributed by atoms with Crippen molar-refractivity contribution in [2.75, 3.05) is 5.32 Å². The van der Waals surface area contributed by atoms with Gasteiger partial charge in [-0.3, -0.25) is 14.4 Å². The number of para-hydroxylation sites is 1. The predicted octanol–water partition coefficient (Wildman–Crippen LogP) is 4.72. The van der Waals surface area contributed by atoms with Gasteiger partial charge >= 0.3 is 5.97 Å². The highest BCUT2D eigenvalue weighted by Gasteiger charge is 2.24. The highest BCUT2D eigenvalue weighted by molar-refractivity contribution is 6.31. The number of carbonyl (C=O) groups excluding carboxylic acids is 2. The predicted molar refractivity (Wildman–Crippen MR) is 132 cm³/mol. The molecule has 8 nitrogen and oxygen atoms in total. The van der Waals surface area contributed by atoms with Gasteiger partial charge in [0.05, 0.1) is 18.2 Å². The zero-order valence-electron chi connectivity index (χ0n) is 18.4. The SMILES string of the molecule is O=C(O)C[C@H](NC(=O)c1cc(NC(=O)c2ccccc2)n(-c2ccccc2)n1)c1ccccc1Cl. The molecular weight excluding hydrogens is 468 g/mol. The number of aromatic nitrogens is 2. The fourth-order valence-electron chi connectivity index (χ4n) is 3.53. The van der Waals surface area contributed by atoms with E-state index in [0.29, 0.717) is 21.8 Å². The van der Waals surface area contributed by atoms with Crippen LogP contribution in [0, 0.1) is 0 Å². The molecule has 0 aliphatic heterocycles. The number of nitrogens with zero attached hydrogens (tertiary/aromatic N) is 2. The number of halogens is 1. The van der Waals surface area contributed by atoms with Gasteiger partial charge in [-0.2, -0.15) is 5.10 Å². The number of hydrogen-bond donors (Lipinski definition) is 3. The topological polar surface area (TPSA) is 113 Å². The number of amides is 2. The third-order valence-electron chi connectivity index (χ3n) is 5.19. The lowest BCUT2D eigenvalue weighted by Crippen LogP contribution is -2.30. The van der Waals surface area contributed by atoms with E-state index in [4.69, 9.17) is 11.6 Å². The quantitative estimate of drug-likeness (QED) is 0.332. The maximum atomic E-state index is 13.1. The van der Waals surface area contributed by atoms with Crippen LogP contribution in [0.25, 0.3) is 5.69 Å². The van der Waals surface area contributed by atoms with E-state index in [0.717, 1.165) is 0 Å². The van der Waals surface area contributed by atoms with E-state index in [-0.39, 0.29) is 23.8 Å². The van der Waals surface area contributed by atoms with E-state index >= 15 is 0 Å². The fourth-order valence-corrected chi connectivity index (χ4v) is 3.80. The van der Waals surface area contributed by atoms with Crippen molar-refractivity contribution in [3.8, 4) is 5.69 Å². The van der Waals surface area contributed by atoms with Crippen LogP contribution >= 0.6 is 11.6 Å². The number of nitrogens with one attached hydrogen (secondary N) is 2. The van der Waals surface area contributed by atoms with E-state index in [1.807, 2.05) is 6.07 Å². The van der Waals surface area contributed by atoms with Gasteiger partial charge in [0.1, 0.15) is 5.82 Å². The first-order valence-corrected chi connectivity index (χ1v) is 11.1. The third kappa shape index (κ3) is 5.74. The number of carbonyl (C=O) groups is 3. The Kier molecular flexibility index (Phi) is 7.23. The van der Waals surface area contributed by atoms with E-state index in [9.17, 15) is 19.5 Å². The number of carboxylic acid groups (broad SMARTS) is 1. The molecule has 0 saturated carbocycles. The summed E-state index contributed by atoms with van der Waals surface area (Å²) in [6.07, 6.45) is -0.369. The van der Waals surface area contributed by atoms with Crippen molar-refractivity contribution < 1.29 is 19.5 Å². The molecule has 3 aromatic carbocycles. The zero-order chi connectivity index (χ0) is 24.8. The van der Waals surface area contributed by atoms with Crippen LogP contribution in [0.15, 0.2) is 91.0 Å². The Bertz CT molecular complexity index is 1360. The van der Waals surface area contributed by atoms with Crippen LogP contribution in [0.5, 0.6) is 0 Å². The molecule has 4 rings (SSSR count). The maximum Gasteiger partial charge on any atom is 0.305 e. The van der Waals surface area contributed by atoms with Crippen molar-refractivity contribution in [2.45, 2.75) is 12.5 Å². The summed E-state index contributed by atoms with van der Waals surface area (Å²) in [4.78, 5) is 37.4. The minimum absolute atomic E-state index is 0.000318. The summed E-state index contributed by atoms with van der Waals surface area (Å²) in [5.41, 5.74) is 1.55. The molecule has 0 aliphatic rings. The molecule has 0 spiro atoms. The van der Waals surface area contributed by atoms with Crippen LogP contribution in [0.1, 0.15) is 38.9 Å². The molecule has 176 valence electrons. The van der Waals surface area contributed by atoms with Gasteiger partial charge in [-0.25, -0.2) is 4.68 Å². The first-order chi connectivity index (χ1) is 16.9. The Morgan fingerprint density at radius 3 is 2.17 bits per heavy atom. The van der Waals surface area contributed by atoms with E-state index in [1.54, 1.807) is 78.9 Å². The van der Waals surface area contributed by atoms with Crippen molar-refractivity contribution in [2.24, 2.45) is 0 Å². The molecule has 35 heavy (non-hydrogen) atoms. The van der Waals surface area contributed by atoms with Crippen molar-refractivity contribution in [3.05, 3.63) is 113 Å². The van der Waals surface area contributed by atoms with Crippen LogP contribution in [0.3, 0.4) is 0 Å². The average molecular weight is 489 g/mol. The summed E-state index contributed by atoms with van der Waals surface area (Å²) in [7, 11) is 0. The highest BCUT2D eigenvalue weighted by Crippen LogP contribution is 2.26. The molecule has 0 bridgehead atoms. The molecule has 1 heterocycles. The summed E-state index contributed by atoms with van der Waals surface area (Å²) in [6.45, 7) is 0. The Morgan fingerprint density at radius 1 is 0.886 bits per heavy atom. The van der Waals surface area contributed by atoms with Gasteiger partial charge in [0.2, 0.25) is 0 Å². The molecule has 1 aromatic heterocycles. The Labute approximate surface area is 206 Å². The third-order valence-corrected chi connectivity index (χ3v) is 5.53. The van der Waals surface area contributed by atoms with Gasteiger partial charge in [-0.1, -0.05) is 66.2 Å². The second-order valence-corrected chi connectivity index (χ2v) is 8.03. The van der Waals surface area contributed by atoms with Gasteiger partial charge < -0.3 is 15.7 Å². The molecule has 0 fully saturated rings. The normalized spacial score (nSPS) is 11.5. The van der Waals surface area contributed by atoms with Crippen LogP contribution in [0.2, 0.25) is 5.02 Å². The van der Waals surface area contributed by atoms with Gasteiger partial charge in [0, 0.05) is 16.7 Å². The molecule has 3 N–H and O–H groups in total. The molecule has 0 saturated heterocycles. The van der Waals surface area contributed by atoms with Gasteiger partial charge in [0.15, 0.2) is 5.69 Å². The van der Waals surface area contributed by atoms with Crippen molar-refractivity contribution in [1.29, 1.82) is 0 Å². The Morgan fingerprint density at radius 2 is 1.51 bits per heavy atom. The summed E-state index contributed by atoms with van der Waals surface area (Å²) in [5, 5.41) is 19.6. The first-order valence-electron chi connectivity index (χ1n) is 10.7. The standard InChI is InChI=1S/C26H21ClN4O4/c27-20-14-8-7-13-19(20)21(16-24(32)33)28-26(35)22-15-23(29-25(34)17-9-3-1-4-10-17)31(30-22)18-11-5-2-6-12-18/h1-15,21H,16H2,(H,28,35)(H,29,34)(H,32,33)/t21-/m0/s1. The van der Waals surface area contributed by atoms with Crippen LogP contribution < -0.4 is 10.6 Å². The van der Waals surface area contributed by atoms with Crippen molar-refractivity contribution in [3.63, 3.8) is 0 Å². The van der Waals surface area contributed by atoms with E-state index < -0.39 is 17.9 Å². The minimum Gasteiger partial charge on any atom is -0.481 e. The number of aliphatic carboxylic acids is 1. The van der Waals surface area contributed by atoms with Crippen LogP contribution in [-0.2, 0) is 4.79 Å². The second kappa shape index (κ2) is 10.7. The molecule has 1 atom stereocenters. The molecule has 9 heteroatoms. The molecule has 0 unspecified atom stereocenters. The van der Waals surface area contributed by atoms with Gasteiger partial charge in [-0.15, -0.1) is 0 Å². The summed E-state index contributed by atoms with van der Waals surface area (Å²) < 4.78 is 1.44. The summed E-state index contributed by atoms with van der Waals surface area (Å²) in [6, 6.07) is 24.9. The van der Waals surface area contributed by atoms with Crippen LogP contribution in [-0.4, -0.2) is 32.7 Å². The molecule has 0 aliphatic carbocycles. The monoisotopic (exact) mass is 488 g/mol. The zero-order valence-corrected chi connectivity index (χ0v) is 19.1. The first kappa shape index (κ1) is 23.7. The number of hydrogen-bond acceptors (Lipinski definition) is 4. The lowest BCUT2D eigenvalue weighted by atomic mass is 10.0. The van der Waals surface area contributed by atoms with Gasteiger partial charge in [-0.05, 0) is 35.9 Å². The fraction of sp³-hybridized carbons (Fsp3) is 0.0769. The smallest absolute Gasteiger partial charge is 0.305 e. The van der Waals surface area contributed by atoms with E-state index in [2.05, 4.69) is 15.7 Å². The minimum atomic E-state index is -1.10. The summed E-state index contributed by atoms with van der Waals surface area (Å²) >= 11 is 6.25. The van der Waals surface area contributed by atoms with E-state index in [1.165, 1.54) is 10.7 Å². The number of anilines is 1. The lowest BCUT2D eigenvalue weighted by Gasteiger charge is -2.18. The largest absolute Gasteiger partial charge is 0.481 e. The van der Waals surface area contributed by atoms with Gasteiger partial charge in [0.25, 0.3) is 11.8 Å². The van der Waals surface area contributed by atoms with Crippen LogP contribution in [0.4, 0.5) is 5.82 Å². The number of rotatable bonds is 8. The Balaban J connectivity index is 1.66. The molecular formula is C26H21ClN4O4. The molecule has 0 radical (unpaired) electrons. The molecule has 2 amide bonds. The van der Waals surface area contributed by atoms with Crippen molar-refractivity contribution >= 4 is 35.2 Å². The maximum absolute atomic E-state index is 13.1. The second-order valence-electron chi connectivity index (χ2n) is 7.63. The number of carboxylic acids is 1. The Hall–Kier alpha value is -4.43. The molecule has 4 aromatic rings. The van der Waals surface area contributed by atoms with Crippen molar-refractivity contribution in [1.82, 2.24) is 15.1 Å². The lowest BCUT2D eigenvalue weighted by molar-refractivity contribution is -0.137. The average Bonchev–Trinajstić information content (AvgIpc) is 3.28.